The third-order valence-electron chi connectivity index (χ3n) is 1.09. The molecule has 1 heterocycles. The molecule has 9 heavy (non-hydrogen) atoms. The molecular weight excluding hydrogens is 120 g/mol. The van der Waals surface area contributed by atoms with E-state index in [2.05, 4.69) is 4.99 Å². The molecule has 0 saturated heterocycles. The van der Waals surface area contributed by atoms with Gasteiger partial charge in [-0.15, -0.1) is 0 Å². The van der Waals surface area contributed by atoms with Crippen LogP contribution < -0.4 is 5.73 Å². The maximum absolute atomic E-state index is 10.3. The van der Waals surface area contributed by atoms with Crippen molar-refractivity contribution in [3.63, 3.8) is 0 Å². The van der Waals surface area contributed by atoms with Crippen LogP contribution in [0.1, 0.15) is 0 Å². The van der Waals surface area contributed by atoms with Gasteiger partial charge < -0.3 is 10.8 Å². The molecule has 4 nitrogen and oxygen atoms in total. The topological polar surface area (TPSA) is 75.7 Å². The standard InChI is InChI=1S/C5H6N2O2/c6-5(4(8)9)1-2-7-3-5/h1-3H,6H2,(H,8,9). The highest BCUT2D eigenvalue weighted by atomic mass is 16.4. The van der Waals surface area contributed by atoms with Crippen LogP contribution in [0.5, 0.6) is 0 Å². The van der Waals surface area contributed by atoms with E-state index in [1.807, 2.05) is 0 Å². The zero-order valence-electron chi connectivity index (χ0n) is 4.61. The molecule has 4 heteroatoms. The predicted octanol–water partition coefficient (Wildman–Crippen LogP) is -0.633. The maximum atomic E-state index is 10.3. The van der Waals surface area contributed by atoms with Crippen LogP contribution in [0, 0.1) is 0 Å². The third kappa shape index (κ3) is 0.837. The quantitative estimate of drug-likeness (QED) is 0.491. The number of hydrogen-bond acceptors (Lipinski definition) is 3. The molecule has 0 spiro atoms. The van der Waals surface area contributed by atoms with Crippen molar-refractivity contribution in [2.75, 3.05) is 0 Å². The number of nitrogens with two attached hydrogens (primary N) is 1. The summed E-state index contributed by atoms with van der Waals surface area (Å²) in [6.07, 6.45) is 3.89. The number of aliphatic imine (C=N–C) groups is 1. The summed E-state index contributed by atoms with van der Waals surface area (Å²) >= 11 is 0. The lowest BCUT2D eigenvalue weighted by atomic mass is 10.1. The highest BCUT2D eigenvalue weighted by Gasteiger charge is 2.30. The minimum atomic E-state index is -1.36. The van der Waals surface area contributed by atoms with E-state index in [-0.39, 0.29) is 0 Å². The lowest BCUT2D eigenvalue weighted by Crippen LogP contribution is -2.46. The number of carboxylic acids is 1. The molecule has 0 saturated carbocycles. The monoisotopic (exact) mass is 126 g/mol. The summed E-state index contributed by atoms with van der Waals surface area (Å²) in [5.41, 5.74) is 3.91. The number of nitrogens with zero attached hydrogens (tertiary/aromatic N) is 1. The Morgan fingerprint density at radius 3 is 2.67 bits per heavy atom. The zero-order chi connectivity index (χ0) is 6.91. The molecule has 0 aliphatic carbocycles. The van der Waals surface area contributed by atoms with Crippen LogP contribution in [0.3, 0.4) is 0 Å². The summed E-state index contributed by atoms with van der Waals surface area (Å²) in [5, 5.41) is 8.41. The second kappa shape index (κ2) is 1.66. The number of carbonyl (C=O) groups is 1. The SMILES string of the molecule is NC1(C(=O)O)C=CN=C1. The molecule has 0 amide bonds. The molecule has 3 N–H and O–H groups in total. The molecule has 0 aromatic rings. The van der Waals surface area contributed by atoms with Gasteiger partial charge in [0, 0.05) is 12.4 Å². The number of rotatable bonds is 1. The summed E-state index contributed by atoms with van der Waals surface area (Å²) in [7, 11) is 0. The molecule has 1 atom stereocenters. The smallest absolute Gasteiger partial charge is 0.333 e. The second-order valence-electron chi connectivity index (χ2n) is 1.83. The summed E-state index contributed by atoms with van der Waals surface area (Å²) in [4.78, 5) is 13.8. The fourth-order valence-electron chi connectivity index (χ4n) is 0.502. The molecular formula is C5H6N2O2. The highest BCUT2D eigenvalue weighted by Crippen LogP contribution is 2.05. The Labute approximate surface area is 51.7 Å². The van der Waals surface area contributed by atoms with Gasteiger partial charge in [0.15, 0.2) is 5.54 Å². The van der Waals surface area contributed by atoms with Crippen molar-refractivity contribution < 1.29 is 9.90 Å². The molecule has 0 radical (unpaired) electrons. The Balaban J connectivity index is 2.88. The lowest BCUT2D eigenvalue weighted by molar-refractivity contribution is -0.138. The molecule has 0 aromatic carbocycles. The fourth-order valence-corrected chi connectivity index (χ4v) is 0.502. The van der Waals surface area contributed by atoms with Gasteiger partial charge in [-0.25, -0.2) is 4.79 Å². The minimum absolute atomic E-state index is 1.08. The highest BCUT2D eigenvalue weighted by molar-refractivity contribution is 6.02. The second-order valence-corrected chi connectivity index (χ2v) is 1.83. The van der Waals surface area contributed by atoms with Crippen molar-refractivity contribution in [2.45, 2.75) is 5.54 Å². The van der Waals surface area contributed by atoms with E-state index in [0.29, 0.717) is 0 Å². The molecule has 0 aromatic heterocycles. The molecule has 0 fully saturated rings. The normalized spacial score (nSPS) is 31.2. The Bertz CT molecular complexity index is 183. The van der Waals surface area contributed by atoms with Crippen molar-refractivity contribution in [3.05, 3.63) is 12.3 Å². The van der Waals surface area contributed by atoms with Gasteiger partial charge in [-0.2, -0.15) is 0 Å². The first-order valence-corrected chi connectivity index (χ1v) is 2.39. The van der Waals surface area contributed by atoms with Crippen LogP contribution in [0.4, 0.5) is 0 Å². The van der Waals surface area contributed by atoms with Crippen molar-refractivity contribution in [2.24, 2.45) is 10.7 Å². The van der Waals surface area contributed by atoms with Crippen molar-refractivity contribution >= 4 is 12.2 Å². The first kappa shape index (κ1) is 5.97. The van der Waals surface area contributed by atoms with Gasteiger partial charge in [0.05, 0.1) is 0 Å². The Morgan fingerprint density at radius 1 is 1.78 bits per heavy atom. The van der Waals surface area contributed by atoms with Gasteiger partial charge in [-0.3, -0.25) is 4.99 Å². The van der Waals surface area contributed by atoms with E-state index in [1.165, 1.54) is 18.5 Å². The number of carboxylic acid groups (broad SMARTS) is 1. The van der Waals surface area contributed by atoms with Crippen LogP contribution in [0.2, 0.25) is 0 Å². The summed E-state index contributed by atoms with van der Waals surface area (Å²) in [5.74, 6) is -1.08. The van der Waals surface area contributed by atoms with Crippen molar-refractivity contribution in [1.82, 2.24) is 0 Å². The maximum Gasteiger partial charge on any atom is 0.333 e. The largest absolute Gasteiger partial charge is 0.479 e. The zero-order valence-corrected chi connectivity index (χ0v) is 4.61. The first-order chi connectivity index (χ1) is 4.15. The van der Waals surface area contributed by atoms with Gasteiger partial charge in [-0.1, -0.05) is 0 Å². The average Bonchev–Trinajstić information content (AvgIpc) is 2.16. The summed E-state index contributed by atoms with van der Waals surface area (Å²) < 4.78 is 0. The minimum Gasteiger partial charge on any atom is -0.479 e. The molecule has 48 valence electrons. The van der Waals surface area contributed by atoms with Gasteiger partial charge in [-0.05, 0) is 6.08 Å². The van der Waals surface area contributed by atoms with E-state index < -0.39 is 11.5 Å². The van der Waals surface area contributed by atoms with Crippen LogP contribution in [0.15, 0.2) is 17.3 Å². The Hall–Kier alpha value is -1.16. The van der Waals surface area contributed by atoms with E-state index in [0.717, 1.165) is 0 Å². The fraction of sp³-hybridized carbons (Fsp3) is 0.200. The Kier molecular flexibility index (Phi) is 1.10. The van der Waals surface area contributed by atoms with Crippen LogP contribution in [0.25, 0.3) is 0 Å². The van der Waals surface area contributed by atoms with Gasteiger partial charge in [0.1, 0.15) is 0 Å². The number of aliphatic carboxylic acids is 1. The molecule has 1 aliphatic heterocycles. The molecule has 1 unspecified atom stereocenters. The summed E-state index contributed by atoms with van der Waals surface area (Å²) in [6, 6.07) is 0. The lowest BCUT2D eigenvalue weighted by Gasteiger charge is -2.09. The third-order valence-corrected chi connectivity index (χ3v) is 1.09. The predicted molar refractivity (Wildman–Crippen MR) is 32.2 cm³/mol. The van der Waals surface area contributed by atoms with Crippen LogP contribution in [-0.4, -0.2) is 22.8 Å². The molecule has 1 aliphatic rings. The molecule has 0 bridgehead atoms. The van der Waals surface area contributed by atoms with Gasteiger partial charge in [0.2, 0.25) is 0 Å². The molecule has 1 rings (SSSR count). The van der Waals surface area contributed by atoms with E-state index in [4.69, 9.17) is 10.8 Å². The van der Waals surface area contributed by atoms with Gasteiger partial charge in [0.25, 0.3) is 0 Å². The van der Waals surface area contributed by atoms with Crippen molar-refractivity contribution in [1.29, 1.82) is 0 Å². The number of hydrogen-bond donors (Lipinski definition) is 2. The van der Waals surface area contributed by atoms with E-state index >= 15 is 0 Å². The average molecular weight is 126 g/mol. The van der Waals surface area contributed by atoms with E-state index in [9.17, 15) is 4.79 Å². The summed E-state index contributed by atoms with van der Waals surface area (Å²) in [6.45, 7) is 0. The first-order valence-electron chi connectivity index (χ1n) is 2.39. The van der Waals surface area contributed by atoms with Gasteiger partial charge >= 0.3 is 5.97 Å². The van der Waals surface area contributed by atoms with Crippen molar-refractivity contribution in [3.8, 4) is 0 Å². The van der Waals surface area contributed by atoms with Crippen LogP contribution >= 0.6 is 0 Å². The Morgan fingerprint density at radius 2 is 2.44 bits per heavy atom. The van der Waals surface area contributed by atoms with E-state index in [1.54, 1.807) is 0 Å². The van der Waals surface area contributed by atoms with Crippen LogP contribution in [-0.2, 0) is 4.79 Å².